The molecule has 26 heavy (non-hydrogen) atoms. The molecule has 0 amide bonds. The largest absolute Gasteiger partial charge is 0.389 e. The van der Waals surface area contributed by atoms with E-state index in [2.05, 4.69) is 13.2 Å². The van der Waals surface area contributed by atoms with Gasteiger partial charge in [-0.3, -0.25) is 9.59 Å². The maximum Gasteiger partial charge on any atom is 0.155 e. The SMILES string of the molecule is CSCC[C@]12CCC(=O)C=C1[C@H](O)C[C@H]1[C@@H]3CCC(=O)[C@@]3(C)C[C@H]3O[C@]312. The van der Waals surface area contributed by atoms with Crippen molar-refractivity contribution in [2.75, 3.05) is 12.0 Å². The lowest BCUT2D eigenvalue weighted by molar-refractivity contribution is -0.131. The van der Waals surface area contributed by atoms with Crippen molar-refractivity contribution in [1.29, 1.82) is 0 Å². The average molecular weight is 377 g/mol. The summed E-state index contributed by atoms with van der Waals surface area (Å²) in [5, 5.41) is 11.1. The van der Waals surface area contributed by atoms with Crippen molar-refractivity contribution in [1.82, 2.24) is 0 Å². The zero-order chi connectivity index (χ0) is 18.3. The van der Waals surface area contributed by atoms with Crippen molar-refractivity contribution in [3.63, 3.8) is 0 Å². The van der Waals surface area contributed by atoms with E-state index in [-0.39, 0.29) is 34.2 Å². The van der Waals surface area contributed by atoms with Crippen LogP contribution >= 0.6 is 11.8 Å². The molecule has 5 aliphatic rings. The van der Waals surface area contributed by atoms with Crippen LogP contribution in [0.2, 0.25) is 0 Å². The molecule has 0 aromatic carbocycles. The van der Waals surface area contributed by atoms with Gasteiger partial charge >= 0.3 is 0 Å². The van der Waals surface area contributed by atoms with Gasteiger partial charge in [-0.05, 0) is 67.6 Å². The Kier molecular flexibility index (Phi) is 3.66. The van der Waals surface area contributed by atoms with Crippen molar-refractivity contribution in [2.45, 2.75) is 69.7 Å². The summed E-state index contributed by atoms with van der Waals surface area (Å²) in [6, 6.07) is 0. The average Bonchev–Trinajstić information content (AvgIpc) is 3.26. The van der Waals surface area contributed by atoms with Gasteiger partial charge in [-0.25, -0.2) is 0 Å². The highest BCUT2D eigenvalue weighted by Crippen LogP contribution is 2.75. The number of epoxide rings is 1. The second-order valence-corrected chi connectivity index (χ2v) is 10.3. The first kappa shape index (κ1) is 17.4. The Bertz CT molecular complexity index is 717. The summed E-state index contributed by atoms with van der Waals surface area (Å²) in [4.78, 5) is 24.8. The van der Waals surface area contributed by atoms with E-state index in [1.54, 1.807) is 6.08 Å². The number of thioether (sulfide) groups is 1. The number of fused-ring (bicyclic) bond motifs is 3. The molecule has 4 nitrogen and oxygen atoms in total. The standard InChI is InChI=1S/C21H28O4S/c1-19-11-18-21(25-18)14(13(19)3-4-17(19)24)10-16(23)15-9-12(22)5-6-20(15,21)7-8-26-2/h9,13-14,16,18,23H,3-8,10-11H2,1-2H3/t13-,14-,16+,18+,19-,20+,21-/m0/s1. The fourth-order valence-corrected chi connectivity index (χ4v) is 7.89. The molecule has 142 valence electrons. The topological polar surface area (TPSA) is 66.9 Å². The van der Waals surface area contributed by atoms with E-state index < -0.39 is 6.10 Å². The molecule has 1 N–H and O–H groups in total. The number of hydrogen-bond donors (Lipinski definition) is 1. The molecule has 5 heteroatoms. The van der Waals surface area contributed by atoms with Crippen LogP contribution in [0.1, 0.15) is 51.9 Å². The summed E-state index contributed by atoms with van der Waals surface area (Å²) < 4.78 is 6.55. The molecule has 4 aliphatic carbocycles. The first-order valence-corrected chi connectivity index (χ1v) is 11.4. The highest BCUT2D eigenvalue weighted by Gasteiger charge is 2.81. The van der Waals surface area contributed by atoms with Crippen LogP contribution < -0.4 is 0 Å². The monoisotopic (exact) mass is 376 g/mol. The predicted molar refractivity (Wildman–Crippen MR) is 99.9 cm³/mol. The smallest absolute Gasteiger partial charge is 0.155 e. The number of carbonyl (C=O) groups is 2. The molecule has 0 bridgehead atoms. The highest BCUT2D eigenvalue weighted by molar-refractivity contribution is 7.98. The lowest BCUT2D eigenvalue weighted by Crippen LogP contribution is -2.61. The number of hydrogen-bond acceptors (Lipinski definition) is 5. The number of aliphatic hydroxyl groups excluding tert-OH is 1. The second kappa shape index (κ2) is 5.45. The molecule has 1 saturated heterocycles. The Balaban J connectivity index is 1.63. The van der Waals surface area contributed by atoms with Crippen LogP contribution in [0.3, 0.4) is 0 Å². The van der Waals surface area contributed by atoms with Gasteiger partial charge in [0.1, 0.15) is 11.4 Å². The molecule has 0 unspecified atom stereocenters. The normalized spacial score (nSPS) is 51.9. The zero-order valence-corrected chi connectivity index (χ0v) is 16.4. The summed E-state index contributed by atoms with van der Waals surface area (Å²) in [5.74, 6) is 2.08. The molecule has 0 radical (unpaired) electrons. The van der Waals surface area contributed by atoms with Crippen LogP contribution in [0, 0.1) is 22.7 Å². The summed E-state index contributed by atoms with van der Waals surface area (Å²) >= 11 is 1.82. The van der Waals surface area contributed by atoms with Crippen LogP contribution in [-0.4, -0.2) is 46.5 Å². The number of aliphatic hydroxyl groups is 1. The zero-order valence-electron chi connectivity index (χ0n) is 15.6. The Labute approximate surface area is 159 Å². The summed E-state index contributed by atoms with van der Waals surface area (Å²) in [5.41, 5.74) is 0.198. The molecule has 0 aromatic heterocycles. The minimum absolute atomic E-state index is 0.113. The van der Waals surface area contributed by atoms with Gasteiger partial charge in [0.05, 0.1) is 12.2 Å². The Hall–Kier alpha value is -0.650. The summed E-state index contributed by atoms with van der Waals surface area (Å²) in [7, 11) is 0. The van der Waals surface area contributed by atoms with Crippen LogP contribution in [0.4, 0.5) is 0 Å². The van der Waals surface area contributed by atoms with Gasteiger partial charge in [-0.2, -0.15) is 11.8 Å². The van der Waals surface area contributed by atoms with E-state index in [0.717, 1.165) is 37.0 Å². The molecule has 5 rings (SSSR count). The molecular formula is C21H28O4S. The quantitative estimate of drug-likeness (QED) is 0.767. The van der Waals surface area contributed by atoms with Gasteiger partial charge in [-0.1, -0.05) is 6.92 Å². The van der Waals surface area contributed by atoms with Crippen LogP contribution in [-0.2, 0) is 14.3 Å². The molecule has 1 aliphatic heterocycles. The first-order chi connectivity index (χ1) is 12.4. The summed E-state index contributed by atoms with van der Waals surface area (Å²) in [6.07, 6.45) is 8.77. The molecular weight excluding hydrogens is 348 g/mol. The van der Waals surface area contributed by atoms with Crippen molar-refractivity contribution < 1.29 is 19.4 Å². The molecule has 1 spiro atoms. The van der Waals surface area contributed by atoms with Gasteiger partial charge in [0.25, 0.3) is 0 Å². The molecule has 7 atom stereocenters. The summed E-state index contributed by atoms with van der Waals surface area (Å²) in [6.45, 7) is 2.13. The Morgan fingerprint density at radius 3 is 2.88 bits per heavy atom. The van der Waals surface area contributed by atoms with Gasteiger partial charge in [0.2, 0.25) is 0 Å². The van der Waals surface area contributed by atoms with E-state index in [0.29, 0.717) is 31.0 Å². The van der Waals surface area contributed by atoms with Crippen molar-refractivity contribution in [3.05, 3.63) is 11.6 Å². The third-order valence-electron chi connectivity index (χ3n) is 8.53. The number of rotatable bonds is 3. The molecule has 4 fully saturated rings. The number of ether oxygens (including phenoxy) is 1. The fourth-order valence-electron chi connectivity index (χ4n) is 7.34. The van der Waals surface area contributed by atoms with E-state index in [1.807, 2.05) is 11.8 Å². The maximum atomic E-state index is 12.6. The van der Waals surface area contributed by atoms with Gasteiger partial charge in [0.15, 0.2) is 5.78 Å². The minimum Gasteiger partial charge on any atom is -0.389 e. The van der Waals surface area contributed by atoms with Crippen molar-refractivity contribution in [3.8, 4) is 0 Å². The third-order valence-corrected chi connectivity index (χ3v) is 9.14. The van der Waals surface area contributed by atoms with Crippen LogP contribution in [0.5, 0.6) is 0 Å². The second-order valence-electron chi connectivity index (χ2n) is 9.34. The minimum atomic E-state index is -0.570. The number of Topliss-reactive ketones (excluding diaryl/α,β-unsaturated/α-hetero) is 1. The van der Waals surface area contributed by atoms with E-state index >= 15 is 0 Å². The lowest BCUT2D eigenvalue weighted by Gasteiger charge is -2.57. The van der Waals surface area contributed by atoms with Crippen LogP contribution in [0.15, 0.2) is 11.6 Å². The van der Waals surface area contributed by atoms with E-state index in [4.69, 9.17) is 4.74 Å². The lowest BCUT2D eigenvalue weighted by atomic mass is 9.45. The highest BCUT2D eigenvalue weighted by atomic mass is 32.2. The van der Waals surface area contributed by atoms with Gasteiger partial charge in [-0.15, -0.1) is 0 Å². The number of carbonyl (C=O) groups excluding carboxylic acids is 2. The first-order valence-electron chi connectivity index (χ1n) is 10.0. The molecule has 0 aromatic rings. The van der Waals surface area contributed by atoms with Crippen molar-refractivity contribution >= 4 is 23.3 Å². The van der Waals surface area contributed by atoms with Gasteiger partial charge in [0, 0.05) is 23.7 Å². The van der Waals surface area contributed by atoms with Crippen LogP contribution in [0.25, 0.3) is 0 Å². The molecule has 1 heterocycles. The van der Waals surface area contributed by atoms with Gasteiger partial charge < -0.3 is 9.84 Å². The Morgan fingerprint density at radius 1 is 1.31 bits per heavy atom. The Morgan fingerprint density at radius 2 is 2.12 bits per heavy atom. The maximum absolute atomic E-state index is 12.6. The van der Waals surface area contributed by atoms with E-state index in [1.165, 1.54) is 0 Å². The van der Waals surface area contributed by atoms with Crippen molar-refractivity contribution in [2.24, 2.45) is 22.7 Å². The van der Waals surface area contributed by atoms with E-state index in [9.17, 15) is 14.7 Å². The fraction of sp³-hybridized carbons (Fsp3) is 0.810. The predicted octanol–water partition coefficient (Wildman–Crippen LogP) is 2.92. The number of ketones is 2. The molecule has 3 saturated carbocycles. The third kappa shape index (κ3) is 1.90.